The zero-order valence-corrected chi connectivity index (χ0v) is 44.9. The Hall–Kier alpha value is -10.7. The van der Waals surface area contributed by atoms with Gasteiger partial charge in [0.05, 0.1) is 0 Å². The summed E-state index contributed by atoms with van der Waals surface area (Å²) in [5.74, 6) is 0. The van der Waals surface area contributed by atoms with Crippen LogP contribution in [-0.4, -0.2) is 0 Å². The van der Waals surface area contributed by atoms with Gasteiger partial charge in [-0.15, -0.1) is 0 Å². The average Bonchev–Trinajstić information content (AvgIpc) is 3.53. The summed E-state index contributed by atoms with van der Waals surface area (Å²) in [6.45, 7) is 0. The topological polar surface area (TPSA) is 0 Å². The Labute approximate surface area is 477 Å². The molecule has 0 aliphatic heterocycles. The molecule has 0 amide bonds. The molecular weight excluding hydrogens is 985 g/mol. The molecule has 0 spiro atoms. The molecule has 0 nitrogen and oxygen atoms in total. The molecule has 15 aromatic carbocycles. The van der Waals surface area contributed by atoms with Gasteiger partial charge in [-0.1, -0.05) is 279 Å². The lowest BCUT2D eigenvalue weighted by atomic mass is 9.81. The van der Waals surface area contributed by atoms with Crippen LogP contribution in [0.1, 0.15) is 0 Å². The highest BCUT2D eigenvalue weighted by atomic mass is 14.4. The van der Waals surface area contributed by atoms with Crippen LogP contribution in [-0.2, 0) is 0 Å². The lowest BCUT2D eigenvalue weighted by Gasteiger charge is -2.21. The molecular formula is C82H50. The highest BCUT2D eigenvalue weighted by Crippen LogP contribution is 2.61. The van der Waals surface area contributed by atoms with Gasteiger partial charge in [-0.3, -0.25) is 0 Å². The molecule has 0 heterocycles. The SMILES string of the molecule is c1ccc(-c2cc(-c3ccccc3)cc(-c3ccc4c5c(cccc35)-c3c-4c(-c4ccccc4)c4ccc(-c5ccc6c7c(cccc57)-c5c-6c(-c6ccccc6)c6ccccc6c5-c5ccccc5)cc4c3-c3ccccc3)c2)cc1. The van der Waals surface area contributed by atoms with Gasteiger partial charge in [0.2, 0.25) is 0 Å². The second-order valence-corrected chi connectivity index (χ2v) is 22.1. The molecule has 0 fully saturated rings. The molecule has 0 heteroatoms. The normalized spacial score (nSPS) is 11.9. The van der Waals surface area contributed by atoms with Gasteiger partial charge in [-0.2, -0.15) is 0 Å². The quantitative estimate of drug-likeness (QED) is 0.142. The van der Waals surface area contributed by atoms with Crippen LogP contribution in [0.5, 0.6) is 0 Å². The Balaban J connectivity index is 0.922. The predicted octanol–water partition coefficient (Wildman–Crippen LogP) is 22.9. The molecule has 0 unspecified atom stereocenters. The zero-order chi connectivity index (χ0) is 53.8. The van der Waals surface area contributed by atoms with Gasteiger partial charge in [0, 0.05) is 0 Å². The average molecular weight is 1040 g/mol. The Morgan fingerprint density at radius 2 is 0.415 bits per heavy atom. The van der Waals surface area contributed by atoms with Crippen molar-refractivity contribution in [3.05, 3.63) is 303 Å². The van der Waals surface area contributed by atoms with Crippen LogP contribution in [0.25, 0.3) is 177 Å². The minimum Gasteiger partial charge on any atom is -0.0622 e. The molecule has 0 radical (unpaired) electrons. The number of fused-ring (bicyclic) bond motifs is 8. The van der Waals surface area contributed by atoms with E-state index in [1.807, 2.05) is 0 Å². The van der Waals surface area contributed by atoms with Crippen molar-refractivity contribution in [2.45, 2.75) is 0 Å². The van der Waals surface area contributed by atoms with Crippen molar-refractivity contribution in [2.75, 3.05) is 0 Å². The summed E-state index contributed by atoms with van der Waals surface area (Å²) < 4.78 is 0. The maximum Gasteiger partial charge on any atom is -0.000741 e. The smallest absolute Gasteiger partial charge is 0.000741 e. The van der Waals surface area contributed by atoms with Crippen molar-refractivity contribution in [1.29, 1.82) is 0 Å². The van der Waals surface area contributed by atoms with Crippen molar-refractivity contribution < 1.29 is 0 Å². The van der Waals surface area contributed by atoms with E-state index < -0.39 is 0 Å². The van der Waals surface area contributed by atoms with Gasteiger partial charge in [0.15, 0.2) is 0 Å². The third-order valence-corrected chi connectivity index (χ3v) is 17.7. The van der Waals surface area contributed by atoms with E-state index in [2.05, 4.69) is 303 Å². The molecule has 2 aliphatic rings. The minimum absolute atomic E-state index is 1.20. The molecule has 2 aliphatic carbocycles. The molecule has 0 N–H and O–H groups in total. The summed E-state index contributed by atoms with van der Waals surface area (Å²) in [7, 11) is 0. The first-order chi connectivity index (χ1) is 40.7. The Morgan fingerprint density at radius 3 is 0.817 bits per heavy atom. The van der Waals surface area contributed by atoms with E-state index >= 15 is 0 Å². The molecule has 378 valence electrons. The van der Waals surface area contributed by atoms with E-state index in [1.54, 1.807) is 0 Å². The maximum atomic E-state index is 2.52. The van der Waals surface area contributed by atoms with Crippen molar-refractivity contribution in [2.24, 2.45) is 0 Å². The standard InChI is InChI=1S/C82H50/c1-7-23-51(24-8-1)58-47-59(52-25-9-2-10-26-52)49-60(48-58)62-44-46-71-78-64(62)38-22-40-69(78)80-76(56-33-17-6-18-34-56)72-50-57(41-42-67(72)75(82(71)80)55-31-15-5-16-32-55)61-43-45-70-77-63(61)37-21-39-68(77)79-73(53-27-11-3-12-28-53)65-35-19-20-36-66(65)74(81(70)79)54-29-13-4-14-30-54/h1-50H. The number of hydrogen-bond acceptors (Lipinski definition) is 0. The number of benzene rings is 15. The lowest BCUT2D eigenvalue weighted by molar-refractivity contribution is 1.58. The zero-order valence-electron chi connectivity index (χ0n) is 44.9. The lowest BCUT2D eigenvalue weighted by Crippen LogP contribution is -1.94. The first kappa shape index (κ1) is 46.3. The van der Waals surface area contributed by atoms with Gasteiger partial charge in [-0.25, -0.2) is 0 Å². The van der Waals surface area contributed by atoms with Crippen LogP contribution in [0.4, 0.5) is 0 Å². The van der Waals surface area contributed by atoms with E-state index in [0.29, 0.717) is 0 Å². The fourth-order valence-electron chi connectivity index (χ4n) is 14.3. The summed E-state index contributed by atoms with van der Waals surface area (Å²) in [6, 6.07) is 113. The molecule has 0 saturated heterocycles. The molecule has 0 saturated carbocycles. The molecule has 0 atom stereocenters. The van der Waals surface area contributed by atoms with E-state index in [9.17, 15) is 0 Å². The van der Waals surface area contributed by atoms with Gasteiger partial charge in [-0.05, 0) is 201 Å². The summed E-state index contributed by atoms with van der Waals surface area (Å²) in [4.78, 5) is 0. The Kier molecular flexibility index (Phi) is 10.4. The Bertz CT molecular complexity index is 4930. The van der Waals surface area contributed by atoms with Crippen LogP contribution < -0.4 is 0 Å². The summed E-state index contributed by atoms with van der Waals surface area (Å²) in [6.07, 6.45) is 0. The minimum atomic E-state index is 1.20. The number of hydrogen-bond donors (Lipinski definition) is 0. The molecule has 15 aromatic rings. The fraction of sp³-hybridized carbons (Fsp3) is 0. The van der Waals surface area contributed by atoms with Crippen LogP contribution >= 0.6 is 0 Å². The molecule has 17 rings (SSSR count). The first-order valence-corrected chi connectivity index (χ1v) is 28.6. The number of rotatable bonds is 8. The predicted molar refractivity (Wildman–Crippen MR) is 349 cm³/mol. The third kappa shape index (κ3) is 6.98. The van der Waals surface area contributed by atoms with Gasteiger partial charge < -0.3 is 0 Å². The maximum absolute atomic E-state index is 2.52. The fourth-order valence-corrected chi connectivity index (χ4v) is 14.3. The summed E-state index contributed by atoms with van der Waals surface area (Å²) >= 11 is 0. The van der Waals surface area contributed by atoms with E-state index in [4.69, 9.17) is 0 Å². The summed E-state index contributed by atoms with van der Waals surface area (Å²) in [5.41, 5.74) is 30.0. The first-order valence-electron chi connectivity index (χ1n) is 28.6. The largest absolute Gasteiger partial charge is 0.0622 e. The van der Waals surface area contributed by atoms with Crippen LogP contribution in [0, 0.1) is 0 Å². The molecule has 0 bridgehead atoms. The molecule has 0 aromatic heterocycles. The second kappa shape index (κ2) is 18.5. The van der Waals surface area contributed by atoms with Gasteiger partial charge >= 0.3 is 0 Å². The molecule has 82 heavy (non-hydrogen) atoms. The summed E-state index contributed by atoms with van der Waals surface area (Å²) in [5, 5.41) is 10.1. The van der Waals surface area contributed by atoms with Crippen LogP contribution in [0.15, 0.2) is 303 Å². The van der Waals surface area contributed by atoms with E-state index in [-0.39, 0.29) is 0 Å². The highest BCUT2D eigenvalue weighted by Gasteiger charge is 2.34. The van der Waals surface area contributed by atoms with E-state index in [0.717, 1.165) is 0 Å². The van der Waals surface area contributed by atoms with Crippen molar-refractivity contribution >= 4 is 43.1 Å². The van der Waals surface area contributed by atoms with Gasteiger partial charge in [0.25, 0.3) is 0 Å². The van der Waals surface area contributed by atoms with Crippen LogP contribution in [0.2, 0.25) is 0 Å². The third-order valence-electron chi connectivity index (χ3n) is 17.7. The van der Waals surface area contributed by atoms with Crippen molar-refractivity contribution in [1.82, 2.24) is 0 Å². The van der Waals surface area contributed by atoms with Crippen molar-refractivity contribution in [3.63, 3.8) is 0 Å². The van der Waals surface area contributed by atoms with Gasteiger partial charge in [0.1, 0.15) is 0 Å². The Morgan fingerprint density at radius 1 is 0.122 bits per heavy atom. The monoisotopic (exact) mass is 1030 g/mol. The second-order valence-electron chi connectivity index (χ2n) is 22.1. The highest BCUT2D eigenvalue weighted by molar-refractivity contribution is 6.31. The van der Waals surface area contributed by atoms with E-state index in [1.165, 1.54) is 177 Å². The van der Waals surface area contributed by atoms with Crippen molar-refractivity contribution in [3.8, 4) is 134 Å². The van der Waals surface area contributed by atoms with Crippen LogP contribution in [0.3, 0.4) is 0 Å².